The summed E-state index contributed by atoms with van der Waals surface area (Å²) < 4.78 is 0. The van der Waals surface area contributed by atoms with Crippen molar-refractivity contribution in [2.75, 3.05) is 39.8 Å². The summed E-state index contributed by atoms with van der Waals surface area (Å²) in [7, 11) is 2.19. The largest absolute Gasteiger partial charge is 0.390 e. The van der Waals surface area contributed by atoms with E-state index in [1.807, 2.05) is 0 Å². The molecule has 1 heterocycles. The minimum absolute atomic E-state index is 0.246. The van der Waals surface area contributed by atoms with E-state index in [1.165, 1.54) is 0 Å². The van der Waals surface area contributed by atoms with Crippen LogP contribution in [-0.4, -0.2) is 72.9 Å². The number of aliphatic hydroxyl groups is 1. The molecule has 0 aromatic carbocycles. The van der Waals surface area contributed by atoms with Gasteiger partial charge in [-0.3, -0.25) is 9.80 Å². The lowest BCUT2D eigenvalue weighted by atomic mass is 10.1. The maximum absolute atomic E-state index is 9.95. The molecule has 17 heavy (non-hydrogen) atoms. The van der Waals surface area contributed by atoms with E-state index in [0.29, 0.717) is 18.6 Å². The number of piperazine rings is 1. The minimum Gasteiger partial charge on any atom is -0.390 e. The monoisotopic (exact) mass is 243 g/mol. The Balaban J connectivity index is 2.26. The summed E-state index contributed by atoms with van der Waals surface area (Å²) >= 11 is 0. The molecular formula is C13H29N3O. The van der Waals surface area contributed by atoms with Crippen molar-refractivity contribution in [1.29, 1.82) is 0 Å². The smallest absolute Gasteiger partial charge is 0.0791 e. The molecule has 0 aromatic heterocycles. The van der Waals surface area contributed by atoms with Gasteiger partial charge in [-0.1, -0.05) is 6.92 Å². The van der Waals surface area contributed by atoms with Gasteiger partial charge in [-0.05, 0) is 33.9 Å². The molecule has 0 aliphatic carbocycles. The molecule has 3 atom stereocenters. The Labute approximate surface area is 106 Å². The zero-order chi connectivity index (χ0) is 12.8. The van der Waals surface area contributed by atoms with Crippen LogP contribution in [0.4, 0.5) is 0 Å². The van der Waals surface area contributed by atoms with Crippen molar-refractivity contribution in [3.63, 3.8) is 0 Å². The Kier molecular flexibility index (Phi) is 6.41. The highest BCUT2D eigenvalue weighted by Crippen LogP contribution is 2.13. The van der Waals surface area contributed by atoms with Gasteiger partial charge in [-0.15, -0.1) is 0 Å². The van der Waals surface area contributed by atoms with Crippen LogP contribution in [0, 0.1) is 0 Å². The highest BCUT2D eigenvalue weighted by atomic mass is 16.3. The van der Waals surface area contributed by atoms with Crippen LogP contribution in [0.3, 0.4) is 0 Å². The molecule has 4 heteroatoms. The van der Waals surface area contributed by atoms with Gasteiger partial charge in [0.2, 0.25) is 0 Å². The fraction of sp³-hybridized carbons (Fsp3) is 1.00. The third-order valence-electron chi connectivity index (χ3n) is 3.71. The van der Waals surface area contributed by atoms with Crippen molar-refractivity contribution >= 4 is 0 Å². The Hall–Kier alpha value is -0.160. The van der Waals surface area contributed by atoms with Gasteiger partial charge >= 0.3 is 0 Å². The normalized spacial score (nSPS) is 29.5. The maximum Gasteiger partial charge on any atom is 0.0791 e. The predicted octanol–water partition coefficient (Wildman–Crippen LogP) is 0.371. The molecular weight excluding hydrogens is 214 g/mol. The molecule has 4 nitrogen and oxygen atoms in total. The molecule has 1 rings (SSSR count). The zero-order valence-electron chi connectivity index (χ0n) is 11.8. The Morgan fingerprint density at radius 3 is 2.41 bits per heavy atom. The van der Waals surface area contributed by atoms with E-state index in [2.05, 4.69) is 42.9 Å². The molecule has 0 spiro atoms. The van der Waals surface area contributed by atoms with Gasteiger partial charge in [0.25, 0.3) is 0 Å². The standard InChI is InChI=1S/C13H29N3O/c1-5-6-14-7-13(17)10-16-8-11(2)15(4)12(3)9-16/h11-14,17H,5-10H2,1-4H3. The molecule has 0 bridgehead atoms. The van der Waals surface area contributed by atoms with Gasteiger partial charge < -0.3 is 10.4 Å². The molecule has 1 aliphatic heterocycles. The minimum atomic E-state index is -0.246. The first-order valence-corrected chi connectivity index (χ1v) is 6.87. The third-order valence-corrected chi connectivity index (χ3v) is 3.71. The lowest BCUT2D eigenvalue weighted by molar-refractivity contribution is 0.0288. The summed E-state index contributed by atoms with van der Waals surface area (Å²) in [5.74, 6) is 0. The average Bonchev–Trinajstić information content (AvgIpc) is 2.26. The Morgan fingerprint density at radius 2 is 1.88 bits per heavy atom. The van der Waals surface area contributed by atoms with Crippen molar-refractivity contribution in [2.24, 2.45) is 0 Å². The van der Waals surface area contributed by atoms with Crippen LogP contribution in [0.2, 0.25) is 0 Å². The van der Waals surface area contributed by atoms with E-state index in [-0.39, 0.29) is 6.10 Å². The van der Waals surface area contributed by atoms with E-state index in [1.54, 1.807) is 0 Å². The fourth-order valence-corrected chi connectivity index (χ4v) is 2.47. The Morgan fingerprint density at radius 1 is 1.29 bits per heavy atom. The van der Waals surface area contributed by atoms with Crippen LogP contribution in [0.1, 0.15) is 27.2 Å². The summed E-state index contributed by atoms with van der Waals surface area (Å²) in [4.78, 5) is 4.80. The van der Waals surface area contributed by atoms with E-state index in [4.69, 9.17) is 0 Å². The second-order valence-electron chi connectivity index (χ2n) is 5.44. The molecule has 102 valence electrons. The zero-order valence-corrected chi connectivity index (χ0v) is 11.8. The van der Waals surface area contributed by atoms with Crippen LogP contribution in [0.15, 0.2) is 0 Å². The van der Waals surface area contributed by atoms with Gasteiger partial charge in [0.05, 0.1) is 6.10 Å². The summed E-state index contributed by atoms with van der Waals surface area (Å²) in [5.41, 5.74) is 0. The quantitative estimate of drug-likeness (QED) is 0.661. The molecule has 0 saturated carbocycles. The van der Waals surface area contributed by atoms with Gasteiger partial charge in [0.15, 0.2) is 0 Å². The van der Waals surface area contributed by atoms with Crippen LogP contribution in [-0.2, 0) is 0 Å². The van der Waals surface area contributed by atoms with Crippen molar-refractivity contribution in [3.8, 4) is 0 Å². The van der Waals surface area contributed by atoms with Crippen LogP contribution in [0.25, 0.3) is 0 Å². The number of hydrogen-bond acceptors (Lipinski definition) is 4. The molecule has 0 radical (unpaired) electrons. The number of nitrogens with one attached hydrogen (secondary N) is 1. The molecule has 1 saturated heterocycles. The van der Waals surface area contributed by atoms with Gasteiger partial charge in [-0.25, -0.2) is 0 Å². The average molecular weight is 243 g/mol. The first-order chi connectivity index (χ1) is 8.04. The van der Waals surface area contributed by atoms with Gasteiger partial charge in [0, 0.05) is 38.3 Å². The molecule has 3 unspecified atom stereocenters. The first-order valence-electron chi connectivity index (χ1n) is 6.87. The first kappa shape index (κ1) is 14.9. The predicted molar refractivity (Wildman–Crippen MR) is 72.3 cm³/mol. The van der Waals surface area contributed by atoms with Crippen LogP contribution in [0.5, 0.6) is 0 Å². The van der Waals surface area contributed by atoms with E-state index in [9.17, 15) is 5.11 Å². The number of aliphatic hydroxyl groups excluding tert-OH is 1. The van der Waals surface area contributed by atoms with E-state index < -0.39 is 0 Å². The van der Waals surface area contributed by atoms with Crippen molar-refractivity contribution in [3.05, 3.63) is 0 Å². The lowest BCUT2D eigenvalue weighted by Crippen LogP contribution is -2.56. The lowest BCUT2D eigenvalue weighted by Gasteiger charge is -2.43. The van der Waals surface area contributed by atoms with Crippen molar-refractivity contribution in [2.45, 2.75) is 45.4 Å². The van der Waals surface area contributed by atoms with Crippen LogP contribution < -0.4 is 5.32 Å². The second kappa shape index (κ2) is 7.31. The van der Waals surface area contributed by atoms with Crippen molar-refractivity contribution in [1.82, 2.24) is 15.1 Å². The highest BCUT2D eigenvalue weighted by molar-refractivity contribution is 4.83. The fourth-order valence-electron chi connectivity index (χ4n) is 2.47. The van der Waals surface area contributed by atoms with Crippen LogP contribution >= 0.6 is 0 Å². The Bertz CT molecular complexity index is 201. The number of hydrogen-bond donors (Lipinski definition) is 2. The maximum atomic E-state index is 9.95. The van der Waals surface area contributed by atoms with Gasteiger partial charge in [-0.2, -0.15) is 0 Å². The number of β-amino-alcohol motifs (C(OH)–C–C–N with tert-alkyl or cyclic N) is 1. The number of likely N-dealkylation sites (N-methyl/N-ethyl adjacent to an activating group) is 1. The summed E-state index contributed by atoms with van der Waals surface area (Å²) in [6.45, 7) is 11.3. The summed E-state index contributed by atoms with van der Waals surface area (Å²) in [6.07, 6.45) is 0.874. The SMILES string of the molecule is CCCNCC(O)CN1CC(C)N(C)C(C)C1. The molecule has 0 amide bonds. The highest BCUT2D eigenvalue weighted by Gasteiger charge is 2.27. The molecule has 0 aromatic rings. The number of rotatable bonds is 6. The third kappa shape index (κ3) is 4.92. The van der Waals surface area contributed by atoms with Gasteiger partial charge in [0.1, 0.15) is 0 Å². The topological polar surface area (TPSA) is 38.7 Å². The van der Waals surface area contributed by atoms with E-state index in [0.717, 1.165) is 32.6 Å². The molecule has 1 fully saturated rings. The molecule has 2 N–H and O–H groups in total. The van der Waals surface area contributed by atoms with Crippen molar-refractivity contribution < 1.29 is 5.11 Å². The summed E-state index contributed by atoms with van der Waals surface area (Å²) in [6, 6.07) is 1.16. The summed E-state index contributed by atoms with van der Waals surface area (Å²) in [5, 5.41) is 13.2. The number of nitrogens with zero attached hydrogens (tertiary/aromatic N) is 2. The molecule has 1 aliphatic rings. The van der Waals surface area contributed by atoms with E-state index >= 15 is 0 Å². The second-order valence-corrected chi connectivity index (χ2v) is 5.44.